The van der Waals surface area contributed by atoms with E-state index in [1.165, 1.54) is 4.90 Å². The van der Waals surface area contributed by atoms with Crippen molar-refractivity contribution in [3.8, 4) is 11.5 Å². The molecule has 0 heterocycles. The van der Waals surface area contributed by atoms with Crippen molar-refractivity contribution in [3.63, 3.8) is 0 Å². The van der Waals surface area contributed by atoms with Crippen molar-refractivity contribution in [1.82, 2.24) is 15.5 Å². The molecule has 0 saturated heterocycles. The molecule has 2 N–H and O–H groups in total. The predicted molar refractivity (Wildman–Crippen MR) is 111 cm³/mol. The molecule has 1 aromatic rings. The summed E-state index contributed by atoms with van der Waals surface area (Å²) in [5.74, 6) is 2.11. The van der Waals surface area contributed by atoms with Gasteiger partial charge in [0, 0.05) is 33.7 Å². The van der Waals surface area contributed by atoms with E-state index in [0.29, 0.717) is 37.1 Å². The minimum atomic E-state index is -0.500. The average molecular weight is 395 g/mol. The molecule has 0 aliphatic rings. The molecule has 0 radical (unpaired) electrons. The molecule has 8 nitrogen and oxygen atoms in total. The van der Waals surface area contributed by atoms with Gasteiger partial charge in [-0.2, -0.15) is 0 Å². The van der Waals surface area contributed by atoms with Crippen molar-refractivity contribution in [1.29, 1.82) is 0 Å². The molecule has 0 bridgehead atoms. The van der Waals surface area contributed by atoms with Gasteiger partial charge in [0.2, 0.25) is 0 Å². The third-order valence-electron chi connectivity index (χ3n) is 3.82. The van der Waals surface area contributed by atoms with Gasteiger partial charge in [0.15, 0.2) is 17.5 Å². The number of nitrogens with zero attached hydrogens (tertiary/aromatic N) is 2. The maximum absolute atomic E-state index is 11.9. The maximum atomic E-state index is 11.9. The first kappa shape index (κ1) is 23.4. The second kappa shape index (κ2) is 11.3. The Morgan fingerprint density at radius 3 is 2.32 bits per heavy atom. The summed E-state index contributed by atoms with van der Waals surface area (Å²) in [4.78, 5) is 17.7. The highest BCUT2D eigenvalue weighted by molar-refractivity contribution is 5.79. The van der Waals surface area contributed by atoms with Crippen LogP contribution in [0.1, 0.15) is 26.3 Å². The number of likely N-dealkylation sites (N-methyl/N-ethyl adjacent to an activating group) is 1. The molecule has 28 heavy (non-hydrogen) atoms. The Balaban J connectivity index is 2.39. The van der Waals surface area contributed by atoms with Crippen LogP contribution < -0.4 is 20.1 Å². The van der Waals surface area contributed by atoms with Gasteiger partial charge >= 0.3 is 6.09 Å². The van der Waals surface area contributed by atoms with Crippen LogP contribution >= 0.6 is 0 Å². The molecule has 0 atom stereocenters. The van der Waals surface area contributed by atoms with E-state index in [2.05, 4.69) is 15.6 Å². The highest BCUT2D eigenvalue weighted by Gasteiger charge is 2.19. The molecule has 0 fully saturated rings. The summed E-state index contributed by atoms with van der Waals surface area (Å²) in [5.41, 5.74) is 0.630. The normalized spacial score (nSPS) is 11.6. The number of hydrogen-bond acceptors (Lipinski definition) is 5. The van der Waals surface area contributed by atoms with E-state index in [-0.39, 0.29) is 6.09 Å². The number of nitrogens with one attached hydrogen (secondary N) is 2. The molecule has 0 saturated carbocycles. The van der Waals surface area contributed by atoms with Crippen LogP contribution in [0.5, 0.6) is 11.5 Å². The zero-order valence-electron chi connectivity index (χ0n) is 18.1. The van der Waals surface area contributed by atoms with Gasteiger partial charge in [-0.05, 0) is 44.9 Å². The average Bonchev–Trinajstić information content (AvgIpc) is 2.64. The lowest BCUT2D eigenvalue weighted by atomic mass is 10.1. The van der Waals surface area contributed by atoms with Crippen molar-refractivity contribution in [3.05, 3.63) is 23.8 Å². The topological polar surface area (TPSA) is 84.4 Å². The lowest BCUT2D eigenvalue weighted by Gasteiger charge is -2.24. The second-order valence-corrected chi connectivity index (χ2v) is 7.27. The van der Waals surface area contributed by atoms with Crippen LogP contribution in [0, 0.1) is 0 Å². The zero-order valence-corrected chi connectivity index (χ0v) is 18.1. The Morgan fingerprint density at radius 1 is 1.11 bits per heavy atom. The molecule has 8 heteroatoms. The fraction of sp³-hybridized carbons (Fsp3) is 0.600. The molecule has 1 rings (SSSR count). The summed E-state index contributed by atoms with van der Waals surface area (Å²) in [5, 5.41) is 6.45. The van der Waals surface area contributed by atoms with E-state index in [1.54, 1.807) is 28.3 Å². The first-order valence-electron chi connectivity index (χ1n) is 9.29. The number of carbonyl (C=O) groups excluding carboxylic acids is 1. The predicted octanol–water partition coefficient (Wildman–Crippen LogP) is 2.28. The summed E-state index contributed by atoms with van der Waals surface area (Å²) >= 11 is 0. The van der Waals surface area contributed by atoms with E-state index in [1.807, 2.05) is 39.0 Å². The number of guanidine groups is 1. The molecule has 0 aromatic heterocycles. The largest absolute Gasteiger partial charge is 0.493 e. The monoisotopic (exact) mass is 394 g/mol. The van der Waals surface area contributed by atoms with Gasteiger partial charge in [-0.1, -0.05) is 6.07 Å². The molecule has 1 aromatic carbocycles. The van der Waals surface area contributed by atoms with Crippen molar-refractivity contribution >= 4 is 12.1 Å². The quantitative estimate of drug-likeness (QED) is 0.520. The number of methoxy groups -OCH3 is 2. The first-order valence-corrected chi connectivity index (χ1v) is 9.29. The van der Waals surface area contributed by atoms with Crippen LogP contribution in [-0.2, 0) is 11.2 Å². The van der Waals surface area contributed by atoms with Gasteiger partial charge in [0.25, 0.3) is 0 Å². The molecule has 1 amide bonds. The number of benzene rings is 1. The lowest BCUT2D eigenvalue weighted by molar-refractivity contribution is 0.0302. The van der Waals surface area contributed by atoms with E-state index in [9.17, 15) is 4.79 Å². The fourth-order valence-electron chi connectivity index (χ4n) is 2.36. The molecule has 158 valence electrons. The van der Waals surface area contributed by atoms with Gasteiger partial charge in [0.05, 0.1) is 14.2 Å². The SMILES string of the molecule is CN=C(NCCc1ccc(OC)c(OC)c1)NCCN(C)C(=O)OC(C)(C)C. The first-order chi connectivity index (χ1) is 13.2. The number of aliphatic imine (C=N–C) groups is 1. The van der Waals surface area contributed by atoms with Crippen LogP contribution in [0.15, 0.2) is 23.2 Å². The molecule has 0 aliphatic carbocycles. The number of rotatable bonds is 8. The Kier molecular flexibility index (Phi) is 9.41. The van der Waals surface area contributed by atoms with Crippen LogP contribution in [0.4, 0.5) is 4.79 Å². The van der Waals surface area contributed by atoms with E-state index in [4.69, 9.17) is 14.2 Å². The van der Waals surface area contributed by atoms with E-state index < -0.39 is 5.60 Å². The zero-order chi connectivity index (χ0) is 21.2. The molecule has 0 aliphatic heterocycles. The number of amides is 1. The highest BCUT2D eigenvalue weighted by atomic mass is 16.6. The van der Waals surface area contributed by atoms with Gasteiger partial charge in [0.1, 0.15) is 5.60 Å². The van der Waals surface area contributed by atoms with Crippen LogP contribution in [0.3, 0.4) is 0 Å². The third kappa shape index (κ3) is 8.37. The fourth-order valence-corrected chi connectivity index (χ4v) is 2.36. The summed E-state index contributed by atoms with van der Waals surface area (Å²) in [6, 6.07) is 5.87. The lowest BCUT2D eigenvalue weighted by Crippen LogP contribution is -2.43. The van der Waals surface area contributed by atoms with E-state index in [0.717, 1.165) is 12.0 Å². The van der Waals surface area contributed by atoms with Crippen LogP contribution in [0.2, 0.25) is 0 Å². The summed E-state index contributed by atoms with van der Waals surface area (Å²) in [7, 11) is 6.67. The number of carbonyl (C=O) groups is 1. The third-order valence-corrected chi connectivity index (χ3v) is 3.82. The molecule has 0 spiro atoms. The van der Waals surface area contributed by atoms with Crippen molar-refractivity contribution in [2.45, 2.75) is 32.8 Å². The Morgan fingerprint density at radius 2 is 1.75 bits per heavy atom. The minimum absolute atomic E-state index is 0.342. The highest BCUT2D eigenvalue weighted by Crippen LogP contribution is 2.27. The van der Waals surface area contributed by atoms with Crippen molar-refractivity contribution in [2.24, 2.45) is 4.99 Å². The Hall–Kier alpha value is -2.64. The number of hydrogen-bond donors (Lipinski definition) is 2. The Labute approximate surface area is 168 Å². The molecule has 0 unspecified atom stereocenters. The van der Waals surface area contributed by atoms with Gasteiger partial charge in [-0.25, -0.2) is 4.79 Å². The summed E-state index contributed by atoms with van der Waals surface area (Å²) in [6.07, 6.45) is 0.462. The van der Waals surface area contributed by atoms with Crippen LogP contribution in [-0.4, -0.2) is 70.5 Å². The smallest absolute Gasteiger partial charge is 0.410 e. The second-order valence-electron chi connectivity index (χ2n) is 7.27. The van der Waals surface area contributed by atoms with Gasteiger partial charge in [-0.15, -0.1) is 0 Å². The summed E-state index contributed by atoms with van der Waals surface area (Å²) < 4.78 is 15.9. The maximum Gasteiger partial charge on any atom is 0.410 e. The summed E-state index contributed by atoms with van der Waals surface area (Å²) in [6.45, 7) is 7.32. The molecular formula is C20H34N4O4. The molecular weight excluding hydrogens is 360 g/mol. The van der Waals surface area contributed by atoms with Gasteiger partial charge in [-0.3, -0.25) is 4.99 Å². The van der Waals surface area contributed by atoms with Crippen molar-refractivity contribution < 1.29 is 19.0 Å². The standard InChI is InChI=1S/C20H34N4O4/c1-20(2,3)28-19(25)24(5)13-12-23-18(21-4)22-11-10-15-8-9-16(26-6)17(14-15)27-7/h8-9,14H,10-13H2,1-7H3,(H2,21,22,23). The van der Waals surface area contributed by atoms with Crippen molar-refractivity contribution in [2.75, 3.05) is 47.9 Å². The van der Waals surface area contributed by atoms with Crippen LogP contribution in [0.25, 0.3) is 0 Å². The number of ether oxygens (including phenoxy) is 3. The Bertz CT molecular complexity index is 656. The minimum Gasteiger partial charge on any atom is -0.493 e. The van der Waals surface area contributed by atoms with E-state index >= 15 is 0 Å². The van der Waals surface area contributed by atoms with Gasteiger partial charge < -0.3 is 29.7 Å².